The van der Waals surface area contributed by atoms with E-state index in [1.165, 1.54) is 12.1 Å². The molecule has 3 aromatic rings. The maximum atomic E-state index is 13.7. The van der Waals surface area contributed by atoms with E-state index < -0.39 is 5.41 Å². The summed E-state index contributed by atoms with van der Waals surface area (Å²) in [5, 5.41) is 5.07. The summed E-state index contributed by atoms with van der Waals surface area (Å²) in [5.74, 6) is 0.194. The van der Waals surface area contributed by atoms with Gasteiger partial charge in [-0.05, 0) is 79.6 Å². The van der Waals surface area contributed by atoms with Gasteiger partial charge in [-0.25, -0.2) is 9.07 Å². The zero-order valence-corrected chi connectivity index (χ0v) is 17.4. The first-order valence-electron chi connectivity index (χ1n) is 10.2. The van der Waals surface area contributed by atoms with Crippen LogP contribution >= 0.6 is 11.6 Å². The van der Waals surface area contributed by atoms with Crippen molar-refractivity contribution in [2.75, 3.05) is 0 Å². The largest absolute Gasteiger partial charge is 0.291 e. The number of hydrogen-bond acceptors (Lipinski definition) is 3. The Morgan fingerprint density at radius 3 is 2.83 bits per heavy atom. The molecule has 0 saturated heterocycles. The van der Waals surface area contributed by atoms with Crippen molar-refractivity contribution >= 4 is 23.5 Å². The van der Waals surface area contributed by atoms with Crippen LogP contribution in [0.3, 0.4) is 0 Å². The summed E-state index contributed by atoms with van der Waals surface area (Å²) >= 11 is 6.15. The Kier molecular flexibility index (Phi) is 4.58. The van der Waals surface area contributed by atoms with Crippen LogP contribution < -0.4 is 0 Å². The summed E-state index contributed by atoms with van der Waals surface area (Å²) in [6, 6.07) is 9.63. The molecule has 0 amide bonds. The van der Waals surface area contributed by atoms with Crippen molar-refractivity contribution in [1.29, 1.82) is 0 Å². The molecule has 5 rings (SSSR count). The smallest absolute Gasteiger partial charge is 0.191 e. The number of Topliss-reactive ketones (excluding diaryl/α,β-unsaturated/α-hetero) is 1. The number of ketones is 1. The van der Waals surface area contributed by atoms with Gasteiger partial charge in [0.25, 0.3) is 0 Å². The van der Waals surface area contributed by atoms with Gasteiger partial charge in [0.05, 0.1) is 23.0 Å². The van der Waals surface area contributed by atoms with E-state index in [0.29, 0.717) is 23.1 Å². The summed E-state index contributed by atoms with van der Waals surface area (Å²) in [6.45, 7) is 2.20. The van der Waals surface area contributed by atoms with Crippen molar-refractivity contribution in [3.8, 4) is 5.69 Å². The molecule has 0 radical (unpaired) electrons. The highest BCUT2D eigenvalue weighted by molar-refractivity contribution is 6.30. The molecule has 0 aliphatic heterocycles. The molecule has 2 heterocycles. The van der Waals surface area contributed by atoms with Gasteiger partial charge in [-0.2, -0.15) is 5.10 Å². The summed E-state index contributed by atoms with van der Waals surface area (Å²) in [6.07, 6.45) is 8.81. The zero-order chi connectivity index (χ0) is 20.9. The number of rotatable bonds is 3. The van der Waals surface area contributed by atoms with E-state index in [1.54, 1.807) is 30.5 Å². The Bertz CT molecular complexity index is 1170. The van der Waals surface area contributed by atoms with E-state index >= 15 is 0 Å². The van der Waals surface area contributed by atoms with Gasteiger partial charge in [-0.15, -0.1) is 0 Å². The monoisotopic (exact) mass is 421 g/mol. The fourth-order valence-corrected chi connectivity index (χ4v) is 5.08. The van der Waals surface area contributed by atoms with Crippen LogP contribution in [0.1, 0.15) is 47.9 Å². The van der Waals surface area contributed by atoms with Crippen LogP contribution in [0.2, 0.25) is 5.02 Å². The number of fused-ring (bicyclic) bond motifs is 2. The molecule has 1 saturated carbocycles. The fraction of sp³-hybridized carbons (Fsp3) is 0.292. The molecule has 2 aliphatic rings. The molecule has 152 valence electrons. The number of pyridine rings is 1. The lowest BCUT2D eigenvalue weighted by Gasteiger charge is -2.43. The van der Waals surface area contributed by atoms with E-state index in [9.17, 15) is 9.18 Å². The number of carbonyl (C=O) groups is 1. The lowest BCUT2D eigenvalue weighted by Crippen LogP contribution is -2.42. The minimum atomic E-state index is -0.612. The first-order valence-corrected chi connectivity index (χ1v) is 10.5. The molecule has 6 heteroatoms. The molecule has 1 fully saturated rings. The van der Waals surface area contributed by atoms with Crippen molar-refractivity contribution < 1.29 is 9.18 Å². The minimum absolute atomic E-state index is 0.0305. The first kappa shape index (κ1) is 19.2. The third kappa shape index (κ3) is 3.08. The van der Waals surface area contributed by atoms with E-state index in [0.717, 1.165) is 41.8 Å². The Balaban J connectivity index is 1.61. The number of benzene rings is 1. The lowest BCUT2D eigenvalue weighted by molar-refractivity contribution is 0.0762. The van der Waals surface area contributed by atoms with Gasteiger partial charge in [0.15, 0.2) is 5.78 Å². The summed E-state index contributed by atoms with van der Waals surface area (Å²) < 4.78 is 15.2. The van der Waals surface area contributed by atoms with Crippen molar-refractivity contribution in [3.05, 3.63) is 82.2 Å². The van der Waals surface area contributed by atoms with Gasteiger partial charge in [-0.1, -0.05) is 24.1 Å². The average Bonchev–Trinajstić information content (AvgIpc) is 3.14. The summed E-state index contributed by atoms with van der Waals surface area (Å²) in [5.41, 5.74) is 3.72. The highest BCUT2D eigenvalue weighted by Gasteiger charge is 2.48. The van der Waals surface area contributed by atoms with Gasteiger partial charge in [0, 0.05) is 11.2 Å². The molecule has 4 nitrogen and oxygen atoms in total. The normalized spacial score (nSPS) is 22.8. The predicted octanol–water partition coefficient (Wildman–Crippen LogP) is 5.69. The maximum absolute atomic E-state index is 13.7. The summed E-state index contributed by atoms with van der Waals surface area (Å²) in [4.78, 5) is 18.1. The van der Waals surface area contributed by atoms with Crippen LogP contribution in [0.4, 0.5) is 4.39 Å². The molecule has 2 aromatic heterocycles. The Morgan fingerprint density at radius 2 is 2.07 bits per heavy atom. The Morgan fingerprint density at radius 1 is 1.27 bits per heavy atom. The second-order valence-corrected chi connectivity index (χ2v) is 8.84. The number of halogens is 2. The van der Waals surface area contributed by atoms with Crippen molar-refractivity contribution in [3.63, 3.8) is 0 Å². The van der Waals surface area contributed by atoms with Crippen LogP contribution in [0.25, 0.3) is 11.8 Å². The molecule has 0 N–H and O–H groups in total. The van der Waals surface area contributed by atoms with Gasteiger partial charge < -0.3 is 0 Å². The summed E-state index contributed by atoms with van der Waals surface area (Å²) in [7, 11) is 0. The van der Waals surface area contributed by atoms with Crippen LogP contribution in [-0.4, -0.2) is 20.5 Å². The van der Waals surface area contributed by atoms with Crippen LogP contribution in [0, 0.1) is 17.2 Å². The second kappa shape index (κ2) is 7.17. The minimum Gasteiger partial charge on any atom is -0.291 e. The third-order valence-corrected chi connectivity index (χ3v) is 6.60. The number of aromatic nitrogens is 3. The van der Waals surface area contributed by atoms with Gasteiger partial charge in [0.1, 0.15) is 11.5 Å². The highest BCUT2D eigenvalue weighted by atomic mass is 35.5. The molecule has 0 unspecified atom stereocenters. The topological polar surface area (TPSA) is 47.8 Å². The fourth-order valence-electron chi connectivity index (χ4n) is 4.92. The standard InChI is InChI=1S/C24H21ClFN3O/c1-15-2-3-17-10-22-16(14-28-29(22)20-6-4-19(26)5-7-20)13-24(17,12-15)23(30)21-11-18(25)8-9-27-21/h4-11,14-15H,2-3,12-13H2,1H3/t15-,24+/m0/s1. The molecule has 0 spiro atoms. The van der Waals surface area contributed by atoms with E-state index in [4.69, 9.17) is 11.6 Å². The van der Waals surface area contributed by atoms with E-state index in [1.807, 2.05) is 10.9 Å². The van der Waals surface area contributed by atoms with Gasteiger partial charge in [-0.3, -0.25) is 9.78 Å². The van der Waals surface area contributed by atoms with Crippen LogP contribution in [0.15, 0.2) is 54.4 Å². The molecular formula is C24H21ClFN3O. The van der Waals surface area contributed by atoms with E-state index in [2.05, 4.69) is 23.1 Å². The molecule has 0 bridgehead atoms. The van der Waals surface area contributed by atoms with Crippen LogP contribution in [-0.2, 0) is 6.42 Å². The zero-order valence-electron chi connectivity index (χ0n) is 16.6. The van der Waals surface area contributed by atoms with Crippen molar-refractivity contribution in [1.82, 2.24) is 14.8 Å². The molecular weight excluding hydrogens is 401 g/mol. The number of nitrogens with zero attached hydrogens (tertiary/aromatic N) is 3. The lowest BCUT2D eigenvalue weighted by atomic mass is 9.59. The SMILES string of the molecule is C[C@H]1CCC2=Cc3c(cnn3-c3ccc(F)cc3)C[C@]2(C(=O)c2cc(Cl)ccn2)C1. The highest BCUT2D eigenvalue weighted by Crippen LogP contribution is 2.51. The van der Waals surface area contributed by atoms with Gasteiger partial charge >= 0.3 is 0 Å². The van der Waals surface area contributed by atoms with Crippen molar-refractivity contribution in [2.45, 2.75) is 32.6 Å². The predicted molar refractivity (Wildman–Crippen MR) is 114 cm³/mol. The third-order valence-electron chi connectivity index (χ3n) is 6.37. The maximum Gasteiger partial charge on any atom is 0.191 e. The van der Waals surface area contributed by atoms with Crippen LogP contribution in [0.5, 0.6) is 0 Å². The number of allylic oxidation sites excluding steroid dienone is 1. The average molecular weight is 422 g/mol. The molecule has 30 heavy (non-hydrogen) atoms. The first-order chi connectivity index (χ1) is 14.5. The Labute approximate surface area is 179 Å². The second-order valence-electron chi connectivity index (χ2n) is 8.41. The molecule has 1 aromatic carbocycles. The Hall–Kier alpha value is -2.79. The number of hydrogen-bond donors (Lipinski definition) is 0. The van der Waals surface area contributed by atoms with Crippen molar-refractivity contribution in [2.24, 2.45) is 11.3 Å². The molecule has 2 aliphatic carbocycles. The number of carbonyl (C=O) groups excluding carboxylic acids is 1. The quantitative estimate of drug-likeness (QED) is 0.510. The molecule has 2 atom stereocenters. The van der Waals surface area contributed by atoms with E-state index in [-0.39, 0.29) is 11.6 Å². The van der Waals surface area contributed by atoms with Gasteiger partial charge in [0.2, 0.25) is 0 Å².